The molecule has 1 unspecified atom stereocenters. The molecule has 1 spiro atoms. The second-order valence-corrected chi connectivity index (χ2v) is 5.98. The van der Waals surface area contributed by atoms with E-state index in [0.29, 0.717) is 6.10 Å². The Hall–Kier alpha value is -0.940. The summed E-state index contributed by atoms with van der Waals surface area (Å²) in [5.74, 6) is 1.03. The number of rotatable bonds is 5. The molecule has 1 aromatic rings. The zero-order valence-electron chi connectivity index (χ0n) is 11.8. The van der Waals surface area contributed by atoms with Crippen molar-refractivity contribution >= 4 is 0 Å². The van der Waals surface area contributed by atoms with E-state index in [0.717, 1.165) is 25.3 Å². The molecule has 2 fully saturated rings. The highest BCUT2D eigenvalue weighted by Crippen LogP contribution is 2.43. The first-order valence-electron chi connectivity index (χ1n) is 7.49. The van der Waals surface area contributed by atoms with Crippen LogP contribution in [0.5, 0.6) is 0 Å². The summed E-state index contributed by atoms with van der Waals surface area (Å²) in [6.45, 7) is 1.92. The van der Waals surface area contributed by atoms with Crippen molar-refractivity contribution < 1.29 is 4.74 Å². The zero-order valence-corrected chi connectivity index (χ0v) is 11.8. The third-order valence-corrected chi connectivity index (χ3v) is 4.56. The van der Waals surface area contributed by atoms with Gasteiger partial charge in [0.1, 0.15) is 12.2 Å². The van der Waals surface area contributed by atoms with Crippen LogP contribution in [0.3, 0.4) is 0 Å². The molecule has 1 aliphatic heterocycles. The highest BCUT2D eigenvalue weighted by atomic mass is 16.5. The fourth-order valence-corrected chi connectivity index (χ4v) is 3.42. The number of hydrogen-bond acceptors (Lipinski definition) is 4. The van der Waals surface area contributed by atoms with Gasteiger partial charge in [-0.1, -0.05) is 12.8 Å². The molecule has 1 aromatic heterocycles. The molecule has 5 heteroatoms. The van der Waals surface area contributed by atoms with E-state index in [1.807, 2.05) is 11.6 Å². The molecular formula is C14H24N4O. The van der Waals surface area contributed by atoms with Gasteiger partial charge >= 0.3 is 0 Å². The monoisotopic (exact) mass is 264 g/mol. The maximum Gasteiger partial charge on any atom is 0.133 e. The third kappa shape index (κ3) is 2.98. The SMILES string of the molecule is Cn1cnnc1CCNCC1CCC2(CCCC2)O1. The lowest BCUT2D eigenvalue weighted by atomic mass is 9.98. The van der Waals surface area contributed by atoms with Crippen LogP contribution < -0.4 is 5.32 Å². The first kappa shape index (κ1) is 13.1. The zero-order chi connectivity index (χ0) is 13.1. The molecule has 0 aromatic carbocycles. The molecular weight excluding hydrogens is 240 g/mol. The van der Waals surface area contributed by atoms with Crippen molar-refractivity contribution in [2.45, 2.75) is 56.7 Å². The van der Waals surface area contributed by atoms with E-state index in [9.17, 15) is 0 Å². The molecule has 0 bridgehead atoms. The lowest BCUT2D eigenvalue weighted by molar-refractivity contribution is -0.0350. The quantitative estimate of drug-likeness (QED) is 0.818. The van der Waals surface area contributed by atoms with E-state index in [1.54, 1.807) is 6.33 Å². The van der Waals surface area contributed by atoms with Gasteiger partial charge in [-0.15, -0.1) is 10.2 Å². The maximum atomic E-state index is 6.28. The number of ether oxygens (including phenoxy) is 1. The van der Waals surface area contributed by atoms with Gasteiger partial charge in [-0.2, -0.15) is 0 Å². The van der Waals surface area contributed by atoms with Crippen LogP contribution in [0.4, 0.5) is 0 Å². The van der Waals surface area contributed by atoms with Crippen LogP contribution in [0.15, 0.2) is 6.33 Å². The standard InChI is InChI=1S/C14H24N4O/c1-18-11-16-17-13(18)5-9-15-10-12-4-8-14(19-12)6-2-3-7-14/h11-12,15H,2-10H2,1H3. The fraction of sp³-hybridized carbons (Fsp3) is 0.857. The lowest BCUT2D eigenvalue weighted by Gasteiger charge is -2.23. The minimum Gasteiger partial charge on any atom is -0.370 e. The Labute approximate surface area is 114 Å². The molecule has 1 N–H and O–H groups in total. The highest BCUT2D eigenvalue weighted by Gasteiger charge is 2.41. The molecule has 1 aliphatic carbocycles. The second-order valence-electron chi connectivity index (χ2n) is 5.98. The summed E-state index contributed by atoms with van der Waals surface area (Å²) in [6, 6.07) is 0. The van der Waals surface area contributed by atoms with Crippen molar-refractivity contribution in [1.82, 2.24) is 20.1 Å². The molecule has 0 amide bonds. The van der Waals surface area contributed by atoms with Crippen molar-refractivity contribution in [3.63, 3.8) is 0 Å². The number of nitrogens with zero attached hydrogens (tertiary/aromatic N) is 3. The van der Waals surface area contributed by atoms with Gasteiger partial charge in [0.25, 0.3) is 0 Å². The Kier molecular flexibility index (Phi) is 3.84. The van der Waals surface area contributed by atoms with Crippen molar-refractivity contribution in [3.8, 4) is 0 Å². The van der Waals surface area contributed by atoms with Gasteiger partial charge in [-0.3, -0.25) is 0 Å². The van der Waals surface area contributed by atoms with Crippen molar-refractivity contribution in [3.05, 3.63) is 12.2 Å². The van der Waals surface area contributed by atoms with E-state index in [4.69, 9.17) is 4.74 Å². The minimum atomic E-state index is 0.260. The molecule has 1 saturated heterocycles. The number of aromatic nitrogens is 3. The van der Waals surface area contributed by atoms with E-state index in [-0.39, 0.29) is 5.60 Å². The molecule has 106 valence electrons. The first-order valence-corrected chi connectivity index (χ1v) is 7.49. The second kappa shape index (κ2) is 5.59. The fourth-order valence-electron chi connectivity index (χ4n) is 3.42. The first-order chi connectivity index (χ1) is 9.27. The van der Waals surface area contributed by atoms with Crippen molar-refractivity contribution in [1.29, 1.82) is 0 Å². The molecule has 1 atom stereocenters. The Bertz CT molecular complexity index is 411. The van der Waals surface area contributed by atoms with Gasteiger partial charge in [0, 0.05) is 26.6 Å². The van der Waals surface area contributed by atoms with Crippen LogP contribution >= 0.6 is 0 Å². The number of aryl methyl sites for hydroxylation is 1. The molecule has 5 nitrogen and oxygen atoms in total. The Morgan fingerprint density at radius 3 is 3.00 bits per heavy atom. The van der Waals surface area contributed by atoms with E-state index in [1.165, 1.54) is 38.5 Å². The van der Waals surface area contributed by atoms with Crippen LogP contribution in [0, 0.1) is 0 Å². The smallest absolute Gasteiger partial charge is 0.133 e. The van der Waals surface area contributed by atoms with Gasteiger partial charge in [0.2, 0.25) is 0 Å². The molecule has 2 aliphatic rings. The number of hydrogen-bond donors (Lipinski definition) is 1. The van der Waals surface area contributed by atoms with Crippen LogP contribution in [-0.2, 0) is 18.2 Å². The highest BCUT2D eigenvalue weighted by molar-refractivity contribution is 4.93. The van der Waals surface area contributed by atoms with Crippen molar-refractivity contribution in [2.24, 2.45) is 7.05 Å². The molecule has 1 saturated carbocycles. The predicted molar refractivity (Wildman–Crippen MR) is 72.9 cm³/mol. The van der Waals surface area contributed by atoms with Gasteiger partial charge in [-0.25, -0.2) is 0 Å². The van der Waals surface area contributed by atoms with Gasteiger partial charge in [0.15, 0.2) is 0 Å². The maximum absolute atomic E-state index is 6.28. The largest absolute Gasteiger partial charge is 0.370 e. The molecule has 3 rings (SSSR count). The molecule has 2 heterocycles. The summed E-state index contributed by atoms with van der Waals surface area (Å²) < 4.78 is 8.25. The average molecular weight is 264 g/mol. The number of nitrogens with one attached hydrogen (secondary N) is 1. The Morgan fingerprint density at radius 2 is 2.26 bits per heavy atom. The van der Waals surface area contributed by atoms with Gasteiger partial charge in [0.05, 0.1) is 11.7 Å². The summed E-state index contributed by atoms with van der Waals surface area (Å²) in [5, 5.41) is 11.5. The van der Waals surface area contributed by atoms with Crippen LogP contribution in [0.25, 0.3) is 0 Å². The van der Waals surface area contributed by atoms with E-state index >= 15 is 0 Å². The average Bonchev–Trinajstić information content (AvgIpc) is 3.11. The minimum absolute atomic E-state index is 0.260. The van der Waals surface area contributed by atoms with Crippen LogP contribution in [0.1, 0.15) is 44.3 Å². The third-order valence-electron chi connectivity index (χ3n) is 4.56. The Balaban J connectivity index is 1.36. The summed E-state index contributed by atoms with van der Waals surface area (Å²) in [7, 11) is 1.99. The van der Waals surface area contributed by atoms with E-state index in [2.05, 4.69) is 15.5 Å². The normalized spacial score (nSPS) is 25.4. The lowest BCUT2D eigenvalue weighted by Crippen LogP contribution is -2.32. The van der Waals surface area contributed by atoms with Gasteiger partial charge in [-0.05, 0) is 25.7 Å². The summed E-state index contributed by atoms with van der Waals surface area (Å²) in [4.78, 5) is 0. The molecule has 19 heavy (non-hydrogen) atoms. The van der Waals surface area contributed by atoms with Crippen LogP contribution in [-0.4, -0.2) is 39.6 Å². The molecule has 0 radical (unpaired) electrons. The Morgan fingerprint density at radius 1 is 1.42 bits per heavy atom. The summed E-state index contributed by atoms with van der Waals surface area (Å²) in [6.07, 6.45) is 10.8. The summed E-state index contributed by atoms with van der Waals surface area (Å²) in [5.41, 5.74) is 0.260. The van der Waals surface area contributed by atoms with Gasteiger partial charge < -0.3 is 14.6 Å². The summed E-state index contributed by atoms with van der Waals surface area (Å²) >= 11 is 0. The van der Waals surface area contributed by atoms with Crippen molar-refractivity contribution in [2.75, 3.05) is 13.1 Å². The predicted octanol–water partition coefficient (Wildman–Crippen LogP) is 1.44. The van der Waals surface area contributed by atoms with E-state index < -0.39 is 0 Å². The topological polar surface area (TPSA) is 52.0 Å². The van der Waals surface area contributed by atoms with Crippen LogP contribution in [0.2, 0.25) is 0 Å².